The van der Waals surface area contributed by atoms with E-state index in [4.69, 9.17) is 0 Å². The van der Waals surface area contributed by atoms with Gasteiger partial charge in [-0.05, 0) is 43.2 Å². The molecule has 1 saturated carbocycles. The Morgan fingerprint density at radius 2 is 2.04 bits per heavy atom. The van der Waals surface area contributed by atoms with Crippen LogP contribution in [0, 0.1) is 0 Å². The zero-order chi connectivity index (χ0) is 17.1. The van der Waals surface area contributed by atoms with Gasteiger partial charge in [0.05, 0.1) is 11.0 Å². The summed E-state index contributed by atoms with van der Waals surface area (Å²) < 4.78 is 0. The molecule has 5 heteroatoms. The van der Waals surface area contributed by atoms with Crippen LogP contribution in [0.3, 0.4) is 0 Å². The summed E-state index contributed by atoms with van der Waals surface area (Å²) in [5.74, 6) is 2.49. The summed E-state index contributed by atoms with van der Waals surface area (Å²) in [5, 5.41) is 2.99. The third kappa shape index (κ3) is 3.87. The van der Waals surface area contributed by atoms with Gasteiger partial charge in [-0.2, -0.15) is 0 Å². The highest BCUT2D eigenvalue weighted by molar-refractivity contribution is 7.99. The number of amides is 1. The van der Waals surface area contributed by atoms with Crippen LogP contribution in [0.2, 0.25) is 0 Å². The topological polar surface area (TPSA) is 57.8 Å². The molecule has 3 aromatic rings. The predicted octanol–water partition coefficient (Wildman–Crippen LogP) is 4.95. The maximum Gasteiger partial charge on any atom is 0.225 e. The Kier molecular flexibility index (Phi) is 4.74. The number of carbonyl (C=O) groups excluding carboxylic acids is 1. The average molecular weight is 351 g/mol. The van der Waals surface area contributed by atoms with Crippen LogP contribution in [0.25, 0.3) is 11.0 Å². The highest BCUT2D eigenvalue weighted by Gasteiger charge is 2.22. The number of H-pyrrole nitrogens is 1. The smallest absolute Gasteiger partial charge is 0.225 e. The highest BCUT2D eigenvalue weighted by atomic mass is 32.2. The number of thioether (sulfide) groups is 1. The molecule has 25 heavy (non-hydrogen) atoms. The number of hydrogen-bond donors (Lipinski definition) is 2. The van der Waals surface area contributed by atoms with Crippen molar-refractivity contribution in [2.24, 2.45) is 0 Å². The van der Waals surface area contributed by atoms with Gasteiger partial charge in [0, 0.05) is 28.7 Å². The molecular formula is C20H21N3OS. The molecule has 4 nitrogen and oxygen atoms in total. The Morgan fingerprint density at radius 1 is 1.20 bits per heavy atom. The number of aromatic nitrogens is 2. The number of nitrogens with one attached hydrogen (secondary N) is 2. The predicted molar refractivity (Wildman–Crippen MR) is 103 cm³/mol. The van der Waals surface area contributed by atoms with Crippen LogP contribution in [0.5, 0.6) is 0 Å². The van der Waals surface area contributed by atoms with E-state index in [1.807, 2.05) is 36.4 Å². The fourth-order valence-corrected chi connectivity index (χ4v) is 3.86. The van der Waals surface area contributed by atoms with Gasteiger partial charge in [0.15, 0.2) is 0 Å². The molecule has 2 aromatic carbocycles. The second-order valence-corrected chi connectivity index (χ2v) is 7.61. The number of carbonyl (C=O) groups is 1. The van der Waals surface area contributed by atoms with Crippen LogP contribution >= 0.6 is 11.8 Å². The number of rotatable bonds is 6. The zero-order valence-corrected chi connectivity index (χ0v) is 14.8. The second-order valence-electron chi connectivity index (χ2n) is 6.44. The third-order valence-electron chi connectivity index (χ3n) is 4.62. The van der Waals surface area contributed by atoms with E-state index >= 15 is 0 Å². The number of nitrogens with zero attached hydrogens (tertiary/aromatic N) is 1. The molecule has 4 rings (SSSR count). The van der Waals surface area contributed by atoms with Crippen LogP contribution in [0.1, 0.15) is 37.4 Å². The Morgan fingerprint density at radius 3 is 2.80 bits per heavy atom. The van der Waals surface area contributed by atoms with Gasteiger partial charge in [-0.25, -0.2) is 4.98 Å². The molecular weight excluding hydrogens is 330 g/mol. The fourth-order valence-electron chi connectivity index (χ4n) is 2.98. The molecule has 1 heterocycles. The molecule has 0 saturated heterocycles. The molecule has 128 valence electrons. The van der Waals surface area contributed by atoms with Crippen molar-refractivity contribution in [1.82, 2.24) is 9.97 Å². The van der Waals surface area contributed by atoms with Gasteiger partial charge in [-0.3, -0.25) is 4.79 Å². The summed E-state index contributed by atoms with van der Waals surface area (Å²) in [6.45, 7) is 0. The summed E-state index contributed by atoms with van der Waals surface area (Å²) >= 11 is 1.70. The Hall–Kier alpha value is -2.27. The van der Waals surface area contributed by atoms with Gasteiger partial charge in [0.1, 0.15) is 5.82 Å². The number of aromatic amines is 1. The van der Waals surface area contributed by atoms with Crippen LogP contribution < -0.4 is 5.32 Å². The molecule has 0 radical (unpaired) electrons. The molecule has 0 atom stereocenters. The van der Waals surface area contributed by atoms with Gasteiger partial charge in [0.25, 0.3) is 0 Å². The van der Waals surface area contributed by atoms with E-state index < -0.39 is 0 Å². The van der Waals surface area contributed by atoms with E-state index in [9.17, 15) is 4.79 Å². The minimum absolute atomic E-state index is 0.0431. The molecule has 1 fully saturated rings. The molecule has 1 amide bonds. The Labute approximate surface area is 151 Å². The van der Waals surface area contributed by atoms with Gasteiger partial charge in [-0.1, -0.05) is 24.6 Å². The molecule has 1 aliphatic carbocycles. The largest absolute Gasteiger partial charge is 0.342 e. The number of anilines is 1. The molecule has 1 aliphatic rings. The Bertz CT molecular complexity index is 871. The molecule has 0 spiro atoms. The molecule has 2 N–H and O–H groups in total. The molecule has 0 unspecified atom stereocenters. The van der Waals surface area contributed by atoms with Gasteiger partial charge < -0.3 is 10.3 Å². The van der Waals surface area contributed by atoms with Crippen molar-refractivity contribution in [1.29, 1.82) is 0 Å². The maximum atomic E-state index is 12.2. The third-order valence-corrected chi connectivity index (χ3v) is 5.63. The van der Waals surface area contributed by atoms with Crippen LogP contribution in [-0.2, 0) is 4.79 Å². The van der Waals surface area contributed by atoms with E-state index in [1.165, 1.54) is 24.2 Å². The number of imidazole rings is 1. The quantitative estimate of drug-likeness (QED) is 0.618. The monoisotopic (exact) mass is 351 g/mol. The minimum atomic E-state index is 0.0431. The van der Waals surface area contributed by atoms with Crippen molar-refractivity contribution in [3.05, 3.63) is 54.4 Å². The second kappa shape index (κ2) is 7.31. The Balaban J connectivity index is 1.34. The van der Waals surface area contributed by atoms with E-state index in [0.717, 1.165) is 28.3 Å². The van der Waals surface area contributed by atoms with Gasteiger partial charge in [-0.15, -0.1) is 11.8 Å². The normalized spacial score (nSPS) is 14.4. The van der Waals surface area contributed by atoms with E-state index in [1.54, 1.807) is 11.8 Å². The van der Waals surface area contributed by atoms with Crippen molar-refractivity contribution in [3.8, 4) is 0 Å². The lowest BCUT2D eigenvalue weighted by atomic mass is 9.85. The van der Waals surface area contributed by atoms with Crippen LogP contribution in [-0.4, -0.2) is 21.6 Å². The summed E-state index contributed by atoms with van der Waals surface area (Å²) in [6.07, 6.45) is 4.24. The summed E-state index contributed by atoms with van der Waals surface area (Å²) in [5.41, 5.74) is 2.80. The lowest BCUT2D eigenvalue weighted by Crippen LogP contribution is -2.12. The lowest BCUT2D eigenvalue weighted by molar-refractivity contribution is -0.115. The van der Waals surface area contributed by atoms with E-state index in [0.29, 0.717) is 12.3 Å². The van der Waals surface area contributed by atoms with Crippen molar-refractivity contribution in [2.75, 3.05) is 11.1 Å². The van der Waals surface area contributed by atoms with Crippen LogP contribution in [0.15, 0.2) is 53.4 Å². The van der Waals surface area contributed by atoms with Crippen molar-refractivity contribution in [2.45, 2.75) is 36.5 Å². The van der Waals surface area contributed by atoms with Crippen LogP contribution in [0.4, 0.5) is 5.69 Å². The molecule has 0 bridgehead atoms. The lowest BCUT2D eigenvalue weighted by Gasteiger charge is -2.22. The summed E-state index contributed by atoms with van der Waals surface area (Å²) in [4.78, 5) is 21.4. The standard InChI is InChI=1S/C20H21N3OS/c24-19(11-12-25-16-7-2-1-3-8-16)21-15-9-10-17-18(13-15)23-20(22-17)14-5-4-6-14/h1-3,7-10,13-14H,4-6,11-12H2,(H,21,24)(H,22,23). The van der Waals surface area contributed by atoms with Gasteiger partial charge in [0.2, 0.25) is 5.91 Å². The first-order valence-electron chi connectivity index (χ1n) is 8.75. The summed E-state index contributed by atoms with van der Waals surface area (Å²) in [6, 6.07) is 16.0. The average Bonchev–Trinajstić information content (AvgIpc) is 2.96. The highest BCUT2D eigenvalue weighted by Crippen LogP contribution is 2.35. The minimum Gasteiger partial charge on any atom is -0.342 e. The number of benzene rings is 2. The van der Waals surface area contributed by atoms with Gasteiger partial charge >= 0.3 is 0 Å². The first kappa shape index (κ1) is 16.2. The van der Waals surface area contributed by atoms with Crippen molar-refractivity contribution >= 4 is 34.4 Å². The van der Waals surface area contributed by atoms with E-state index in [2.05, 4.69) is 27.4 Å². The summed E-state index contributed by atoms with van der Waals surface area (Å²) in [7, 11) is 0. The van der Waals surface area contributed by atoms with Crippen molar-refractivity contribution in [3.63, 3.8) is 0 Å². The maximum absolute atomic E-state index is 12.2. The first-order chi connectivity index (χ1) is 12.3. The fraction of sp³-hybridized carbons (Fsp3) is 0.300. The molecule has 0 aliphatic heterocycles. The van der Waals surface area contributed by atoms with E-state index in [-0.39, 0.29) is 5.91 Å². The van der Waals surface area contributed by atoms with Crippen molar-refractivity contribution < 1.29 is 4.79 Å². The number of fused-ring (bicyclic) bond motifs is 1. The SMILES string of the molecule is O=C(CCSc1ccccc1)Nc1ccc2nc(C3CCC3)[nH]c2c1. The molecule has 1 aromatic heterocycles. The zero-order valence-electron chi connectivity index (χ0n) is 14.0. The number of hydrogen-bond acceptors (Lipinski definition) is 3. The first-order valence-corrected chi connectivity index (χ1v) is 9.74.